The summed E-state index contributed by atoms with van der Waals surface area (Å²) >= 11 is 12.5. The molecule has 0 radical (unpaired) electrons. The van der Waals surface area contributed by atoms with E-state index in [0.29, 0.717) is 6.04 Å². The summed E-state index contributed by atoms with van der Waals surface area (Å²) in [5.74, 6) is 0. The van der Waals surface area contributed by atoms with E-state index in [1.807, 2.05) is 18.2 Å². The van der Waals surface area contributed by atoms with Crippen LogP contribution in [0.4, 0.5) is 5.69 Å². The van der Waals surface area contributed by atoms with Gasteiger partial charge in [0.15, 0.2) is 0 Å². The first-order valence-electron chi connectivity index (χ1n) is 7.78. The van der Waals surface area contributed by atoms with Crippen LogP contribution in [0.1, 0.15) is 12.0 Å². The highest BCUT2D eigenvalue weighted by atomic mass is 35.5. The van der Waals surface area contributed by atoms with Crippen LogP contribution < -0.4 is 10.2 Å². The molecular weight excluding hydrogens is 315 g/mol. The van der Waals surface area contributed by atoms with Gasteiger partial charge in [0.2, 0.25) is 0 Å². The molecule has 1 unspecified atom stereocenters. The van der Waals surface area contributed by atoms with Crippen molar-refractivity contribution in [2.45, 2.75) is 18.9 Å². The van der Waals surface area contributed by atoms with Crippen molar-refractivity contribution in [3.05, 3.63) is 52.0 Å². The first kappa shape index (κ1) is 14.4. The van der Waals surface area contributed by atoms with E-state index in [4.69, 9.17) is 23.2 Å². The topological polar surface area (TPSA) is 15.3 Å². The largest absolute Gasteiger partial charge is 0.367 e. The van der Waals surface area contributed by atoms with Crippen molar-refractivity contribution < 1.29 is 0 Å². The average molecular weight is 333 g/mol. The van der Waals surface area contributed by atoms with Crippen molar-refractivity contribution in [2.24, 2.45) is 0 Å². The molecule has 2 aliphatic heterocycles. The maximum atomic E-state index is 6.35. The molecule has 2 heterocycles. The summed E-state index contributed by atoms with van der Waals surface area (Å²) in [5.41, 5.74) is 4.99. The van der Waals surface area contributed by atoms with Gasteiger partial charge >= 0.3 is 0 Å². The summed E-state index contributed by atoms with van der Waals surface area (Å²) in [6, 6.07) is 13.0. The minimum absolute atomic E-state index is 0.634. The van der Waals surface area contributed by atoms with Crippen LogP contribution in [0.5, 0.6) is 0 Å². The maximum Gasteiger partial charge on any atom is 0.0485 e. The summed E-state index contributed by atoms with van der Waals surface area (Å²) in [7, 11) is 0. The Morgan fingerprint density at radius 1 is 1.05 bits per heavy atom. The maximum absolute atomic E-state index is 6.35. The third kappa shape index (κ3) is 2.50. The van der Waals surface area contributed by atoms with E-state index in [-0.39, 0.29) is 0 Å². The number of hydrogen-bond donors (Lipinski definition) is 1. The lowest BCUT2D eigenvalue weighted by atomic mass is 10.0. The molecule has 22 heavy (non-hydrogen) atoms. The third-order valence-electron chi connectivity index (χ3n) is 4.71. The molecule has 1 atom stereocenters. The number of fused-ring (bicyclic) bond motifs is 3. The van der Waals surface area contributed by atoms with Crippen LogP contribution in [0.15, 0.2) is 36.4 Å². The number of hydrogen-bond acceptors (Lipinski definition) is 2. The molecule has 2 aromatic rings. The Bertz CT molecular complexity index is 714. The third-order valence-corrected chi connectivity index (χ3v) is 5.27. The standard InChI is InChI=1S/C18H18Cl2N2/c19-14-2-3-17(20)16(11-14)12-1-4-18-13(9-12)10-15-5-6-21-7-8-22(15)18/h1-4,9,11,15,21H,5-8,10H2. The van der Waals surface area contributed by atoms with Crippen molar-refractivity contribution in [1.82, 2.24) is 5.32 Å². The van der Waals surface area contributed by atoms with Crippen LogP contribution in [0, 0.1) is 0 Å². The van der Waals surface area contributed by atoms with E-state index in [1.54, 1.807) is 0 Å². The molecule has 0 spiro atoms. The molecule has 114 valence electrons. The Morgan fingerprint density at radius 2 is 1.95 bits per heavy atom. The van der Waals surface area contributed by atoms with Crippen LogP contribution in [-0.4, -0.2) is 25.7 Å². The summed E-state index contributed by atoms with van der Waals surface area (Å²) in [4.78, 5) is 2.55. The second kappa shape index (κ2) is 5.77. The molecule has 2 nitrogen and oxygen atoms in total. The van der Waals surface area contributed by atoms with Gasteiger partial charge in [0, 0.05) is 40.4 Å². The lowest BCUT2D eigenvalue weighted by Crippen LogP contribution is -2.32. The number of benzene rings is 2. The summed E-state index contributed by atoms with van der Waals surface area (Å²) in [6.07, 6.45) is 2.34. The Kier molecular flexibility index (Phi) is 3.77. The molecule has 0 amide bonds. The van der Waals surface area contributed by atoms with Gasteiger partial charge in [0.25, 0.3) is 0 Å². The smallest absolute Gasteiger partial charge is 0.0485 e. The van der Waals surface area contributed by atoms with Crippen LogP contribution in [-0.2, 0) is 6.42 Å². The van der Waals surface area contributed by atoms with Gasteiger partial charge in [-0.2, -0.15) is 0 Å². The van der Waals surface area contributed by atoms with Crippen molar-refractivity contribution in [1.29, 1.82) is 0 Å². The Morgan fingerprint density at radius 3 is 2.86 bits per heavy atom. The number of nitrogens with zero attached hydrogens (tertiary/aromatic N) is 1. The highest BCUT2D eigenvalue weighted by Crippen LogP contribution is 2.38. The minimum Gasteiger partial charge on any atom is -0.367 e. The molecule has 4 heteroatoms. The normalized spacial score (nSPS) is 20.5. The molecule has 0 aromatic heterocycles. The zero-order valence-electron chi connectivity index (χ0n) is 12.3. The van der Waals surface area contributed by atoms with Crippen molar-refractivity contribution in [3.63, 3.8) is 0 Å². The predicted octanol–water partition coefficient (Wildman–Crippen LogP) is 4.38. The van der Waals surface area contributed by atoms with Gasteiger partial charge in [-0.15, -0.1) is 0 Å². The second-order valence-electron chi connectivity index (χ2n) is 6.06. The van der Waals surface area contributed by atoms with Crippen molar-refractivity contribution >= 4 is 28.9 Å². The van der Waals surface area contributed by atoms with Gasteiger partial charge in [-0.25, -0.2) is 0 Å². The highest BCUT2D eigenvalue weighted by Gasteiger charge is 2.30. The molecule has 1 saturated heterocycles. The number of rotatable bonds is 1. The SMILES string of the molecule is Clc1ccc(Cl)c(-c2ccc3c(c2)CC2CCNCCN32)c1. The Balaban J connectivity index is 1.73. The molecule has 0 saturated carbocycles. The van der Waals surface area contributed by atoms with Gasteiger partial charge in [-0.05, 0) is 60.8 Å². The Labute approximate surface area is 141 Å². The zero-order chi connectivity index (χ0) is 15.1. The van der Waals surface area contributed by atoms with Gasteiger partial charge in [-0.1, -0.05) is 29.3 Å². The van der Waals surface area contributed by atoms with Gasteiger partial charge in [-0.3, -0.25) is 0 Å². The van der Waals surface area contributed by atoms with Gasteiger partial charge in [0.1, 0.15) is 0 Å². The van der Waals surface area contributed by atoms with E-state index < -0.39 is 0 Å². The van der Waals surface area contributed by atoms with E-state index in [1.165, 1.54) is 17.7 Å². The summed E-state index contributed by atoms with van der Waals surface area (Å²) in [6.45, 7) is 3.27. The fraction of sp³-hybridized carbons (Fsp3) is 0.333. The first-order valence-corrected chi connectivity index (χ1v) is 8.54. The Hall–Kier alpha value is -1.22. The monoisotopic (exact) mass is 332 g/mol. The van der Waals surface area contributed by atoms with E-state index in [9.17, 15) is 0 Å². The minimum atomic E-state index is 0.634. The fourth-order valence-electron chi connectivity index (χ4n) is 3.63. The van der Waals surface area contributed by atoms with Crippen LogP contribution in [0.2, 0.25) is 10.0 Å². The van der Waals surface area contributed by atoms with Crippen LogP contribution >= 0.6 is 23.2 Å². The molecule has 1 fully saturated rings. The van der Waals surface area contributed by atoms with Crippen molar-refractivity contribution in [3.8, 4) is 11.1 Å². The molecule has 4 rings (SSSR count). The van der Waals surface area contributed by atoms with E-state index in [2.05, 4.69) is 28.4 Å². The van der Waals surface area contributed by atoms with E-state index >= 15 is 0 Å². The molecule has 2 aromatic carbocycles. The zero-order valence-corrected chi connectivity index (χ0v) is 13.8. The highest BCUT2D eigenvalue weighted by molar-refractivity contribution is 6.35. The average Bonchev–Trinajstić information content (AvgIpc) is 2.70. The number of halogens is 2. The van der Waals surface area contributed by atoms with Gasteiger partial charge < -0.3 is 10.2 Å². The molecule has 0 aliphatic carbocycles. The first-order chi connectivity index (χ1) is 10.7. The predicted molar refractivity (Wildman–Crippen MR) is 94.2 cm³/mol. The fourth-order valence-corrected chi connectivity index (χ4v) is 4.03. The summed E-state index contributed by atoms with van der Waals surface area (Å²) in [5, 5.41) is 4.96. The molecule has 0 bridgehead atoms. The quantitative estimate of drug-likeness (QED) is 0.833. The molecule has 2 aliphatic rings. The van der Waals surface area contributed by atoms with Crippen LogP contribution in [0.25, 0.3) is 11.1 Å². The number of anilines is 1. The van der Waals surface area contributed by atoms with Crippen LogP contribution in [0.3, 0.4) is 0 Å². The second-order valence-corrected chi connectivity index (χ2v) is 6.90. The lowest BCUT2D eigenvalue weighted by Gasteiger charge is -2.24. The summed E-state index contributed by atoms with van der Waals surface area (Å²) < 4.78 is 0. The number of nitrogens with one attached hydrogen (secondary N) is 1. The molecule has 1 N–H and O–H groups in total. The van der Waals surface area contributed by atoms with E-state index in [0.717, 1.165) is 47.2 Å². The molecular formula is C18H18Cl2N2. The lowest BCUT2D eigenvalue weighted by molar-refractivity contribution is 0.612. The van der Waals surface area contributed by atoms with Gasteiger partial charge in [0.05, 0.1) is 0 Å². The van der Waals surface area contributed by atoms with Crippen molar-refractivity contribution in [2.75, 3.05) is 24.5 Å².